The molecule has 0 rings (SSSR count). The molecule has 0 spiro atoms. The van der Waals surface area contributed by atoms with Crippen LogP contribution in [0.4, 0.5) is 0 Å². The van der Waals surface area contributed by atoms with E-state index in [1.807, 2.05) is 0 Å². The lowest BCUT2D eigenvalue weighted by Crippen LogP contribution is -2.37. The molecule has 0 aromatic carbocycles. The van der Waals surface area contributed by atoms with E-state index in [4.69, 9.17) is 8.85 Å². The van der Waals surface area contributed by atoms with Gasteiger partial charge in [0, 0.05) is 13.7 Å². The van der Waals surface area contributed by atoms with Gasteiger partial charge in [0.25, 0.3) is 0 Å². The molecule has 0 aliphatic heterocycles. The molecule has 0 N–H and O–H groups in total. The van der Waals surface area contributed by atoms with Crippen LogP contribution in [0.15, 0.2) is 0 Å². The number of rotatable bonds is 6. The van der Waals surface area contributed by atoms with Gasteiger partial charge < -0.3 is 8.85 Å². The second kappa shape index (κ2) is 5.74. The molecule has 0 aliphatic rings. The predicted octanol–water partition coefficient (Wildman–Crippen LogP) is 2.54. The highest BCUT2D eigenvalue weighted by Gasteiger charge is 2.28. The summed E-state index contributed by atoms with van der Waals surface area (Å²) in [5, 5.41) is 0. The second-order valence-electron chi connectivity index (χ2n) is 2.94. The van der Waals surface area contributed by atoms with E-state index in [1.165, 1.54) is 0 Å². The fraction of sp³-hybridized carbons (Fsp3) is 1.00. The molecule has 0 fully saturated rings. The van der Waals surface area contributed by atoms with Crippen LogP contribution in [0.25, 0.3) is 0 Å². The Kier molecular flexibility index (Phi) is 5.82. The molecule has 0 radical (unpaired) electrons. The van der Waals surface area contributed by atoms with E-state index in [-0.39, 0.29) is 0 Å². The highest BCUT2D eigenvalue weighted by atomic mass is 28.4. The molecule has 1 unspecified atom stereocenters. The van der Waals surface area contributed by atoms with E-state index >= 15 is 0 Å². The first-order valence-corrected chi connectivity index (χ1v) is 6.90. The minimum absolute atomic E-state index is 0.844. The average Bonchev–Trinajstić information content (AvgIpc) is 2.02. The molecule has 0 bridgehead atoms. The zero-order valence-electron chi connectivity index (χ0n) is 8.14. The molecule has 0 heterocycles. The minimum atomic E-state index is -1.74. The van der Waals surface area contributed by atoms with Gasteiger partial charge in [0.1, 0.15) is 0 Å². The minimum Gasteiger partial charge on any atom is -0.398 e. The van der Waals surface area contributed by atoms with Gasteiger partial charge in [0.05, 0.1) is 0 Å². The summed E-state index contributed by atoms with van der Waals surface area (Å²) >= 11 is 0. The van der Waals surface area contributed by atoms with Crippen molar-refractivity contribution in [2.75, 3.05) is 13.7 Å². The third-order valence-corrected chi connectivity index (χ3v) is 4.83. The number of hydrogen-bond acceptors (Lipinski definition) is 2. The van der Waals surface area contributed by atoms with Crippen LogP contribution in [0.5, 0.6) is 0 Å². The summed E-state index contributed by atoms with van der Waals surface area (Å²) in [5.74, 6) is 0. The van der Waals surface area contributed by atoms with Crippen LogP contribution in [0.2, 0.25) is 12.6 Å². The van der Waals surface area contributed by atoms with Gasteiger partial charge in [-0.15, -0.1) is 0 Å². The smallest absolute Gasteiger partial charge is 0.334 e. The summed E-state index contributed by atoms with van der Waals surface area (Å²) in [6, 6.07) is 1.10. The predicted molar refractivity (Wildman–Crippen MR) is 50.0 cm³/mol. The van der Waals surface area contributed by atoms with E-state index in [9.17, 15) is 0 Å². The van der Waals surface area contributed by atoms with Crippen molar-refractivity contribution in [3.8, 4) is 0 Å². The van der Waals surface area contributed by atoms with Gasteiger partial charge >= 0.3 is 8.56 Å². The molecule has 3 heteroatoms. The Morgan fingerprint density at radius 1 is 1.18 bits per heavy atom. The largest absolute Gasteiger partial charge is 0.398 e. The van der Waals surface area contributed by atoms with E-state index < -0.39 is 8.56 Å². The molecule has 11 heavy (non-hydrogen) atoms. The molecular weight excluding hydrogens is 156 g/mol. The Balaban J connectivity index is 3.68. The SMILES string of the molecule is CCCO[Si](C)(CCC)OC. The summed E-state index contributed by atoms with van der Waals surface area (Å²) in [6.45, 7) is 7.26. The first-order valence-electron chi connectivity index (χ1n) is 4.37. The zero-order chi connectivity index (χ0) is 8.74. The molecule has 2 nitrogen and oxygen atoms in total. The van der Waals surface area contributed by atoms with Crippen LogP contribution in [-0.2, 0) is 8.85 Å². The van der Waals surface area contributed by atoms with Gasteiger partial charge in [0.2, 0.25) is 0 Å². The van der Waals surface area contributed by atoms with Crippen molar-refractivity contribution in [2.24, 2.45) is 0 Å². The fourth-order valence-electron chi connectivity index (χ4n) is 1.01. The van der Waals surface area contributed by atoms with Gasteiger partial charge in [-0.25, -0.2) is 0 Å². The molecular formula is C8H20O2Si. The molecule has 0 saturated heterocycles. The Hall–Kier alpha value is 0.137. The Morgan fingerprint density at radius 2 is 1.82 bits per heavy atom. The van der Waals surface area contributed by atoms with Gasteiger partial charge in [0.15, 0.2) is 0 Å². The lowest BCUT2D eigenvalue weighted by Gasteiger charge is -2.24. The van der Waals surface area contributed by atoms with Crippen LogP contribution >= 0.6 is 0 Å². The maximum atomic E-state index is 5.68. The van der Waals surface area contributed by atoms with E-state index in [0.717, 1.165) is 25.5 Å². The highest BCUT2D eigenvalue weighted by Crippen LogP contribution is 2.14. The van der Waals surface area contributed by atoms with Crippen LogP contribution in [-0.4, -0.2) is 22.3 Å². The molecule has 68 valence electrons. The summed E-state index contributed by atoms with van der Waals surface area (Å²) in [7, 11) is 0.0171. The molecule has 1 atom stereocenters. The first-order chi connectivity index (χ1) is 5.18. The van der Waals surface area contributed by atoms with Crippen LogP contribution in [0.3, 0.4) is 0 Å². The van der Waals surface area contributed by atoms with E-state index in [0.29, 0.717) is 0 Å². The second-order valence-corrected chi connectivity index (χ2v) is 6.40. The highest BCUT2D eigenvalue weighted by molar-refractivity contribution is 6.65. The number of hydrogen-bond donors (Lipinski definition) is 0. The van der Waals surface area contributed by atoms with Crippen molar-refractivity contribution in [1.29, 1.82) is 0 Å². The quantitative estimate of drug-likeness (QED) is 0.579. The summed E-state index contributed by atoms with van der Waals surface area (Å²) < 4.78 is 11.1. The van der Waals surface area contributed by atoms with Crippen molar-refractivity contribution in [3.63, 3.8) is 0 Å². The Bertz CT molecular complexity index is 98.1. The fourth-order valence-corrected chi connectivity index (χ4v) is 3.02. The lowest BCUT2D eigenvalue weighted by atomic mass is 10.5. The normalized spacial score (nSPS) is 16.4. The standard InChI is InChI=1S/C8H20O2Si/c1-5-7-10-11(4,9-3)8-6-2/h5-8H2,1-4H3. The monoisotopic (exact) mass is 176 g/mol. The first kappa shape index (κ1) is 11.1. The summed E-state index contributed by atoms with van der Waals surface area (Å²) in [4.78, 5) is 0. The third kappa shape index (κ3) is 4.56. The van der Waals surface area contributed by atoms with Gasteiger partial charge in [-0.05, 0) is 19.0 Å². The molecule has 0 amide bonds. The van der Waals surface area contributed by atoms with Crippen LogP contribution < -0.4 is 0 Å². The summed E-state index contributed by atoms with van der Waals surface area (Å²) in [6.07, 6.45) is 2.23. The maximum absolute atomic E-state index is 5.68. The van der Waals surface area contributed by atoms with Crippen molar-refractivity contribution in [2.45, 2.75) is 39.3 Å². The van der Waals surface area contributed by atoms with Crippen LogP contribution in [0, 0.1) is 0 Å². The van der Waals surface area contributed by atoms with E-state index in [2.05, 4.69) is 20.4 Å². The van der Waals surface area contributed by atoms with Crippen molar-refractivity contribution >= 4 is 8.56 Å². The average molecular weight is 176 g/mol. The van der Waals surface area contributed by atoms with Gasteiger partial charge in [-0.2, -0.15) is 0 Å². The topological polar surface area (TPSA) is 18.5 Å². The lowest BCUT2D eigenvalue weighted by molar-refractivity contribution is 0.204. The maximum Gasteiger partial charge on any atom is 0.334 e. The molecule has 0 aromatic rings. The zero-order valence-corrected chi connectivity index (χ0v) is 9.14. The van der Waals surface area contributed by atoms with Gasteiger partial charge in [-0.1, -0.05) is 20.3 Å². The van der Waals surface area contributed by atoms with E-state index in [1.54, 1.807) is 7.11 Å². The van der Waals surface area contributed by atoms with Crippen molar-refractivity contribution in [1.82, 2.24) is 0 Å². The van der Waals surface area contributed by atoms with Crippen molar-refractivity contribution in [3.05, 3.63) is 0 Å². The Labute approximate surface area is 71.1 Å². The van der Waals surface area contributed by atoms with Crippen LogP contribution in [0.1, 0.15) is 26.7 Å². The summed E-state index contributed by atoms with van der Waals surface area (Å²) in [5.41, 5.74) is 0. The Morgan fingerprint density at radius 3 is 2.18 bits per heavy atom. The van der Waals surface area contributed by atoms with Gasteiger partial charge in [-0.3, -0.25) is 0 Å². The molecule has 0 saturated carbocycles. The molecule has 0 aromatic heterocycles. The third-order valence-electron chi connectivity index (χ3n) is 1.75. The molecule has 0 aliphatic carbocycles. The van der Waals surface area contributed by atoms with Crippen molar-refractivity contribution < 1.29 is 8.85 Å².